The molecular formula is C52H52Cl2O2SiZr. The van der Waals surface area contributed by atoms with Crippen molar-refractivity contribution in [1.82, 2.24) is 0 Å². The van der Waals surface area contributed by atoms with Crippen molar-refractivity contribution in [2.24, 2.45) is 0 Å². The number of aryl methyl sites for hydroxylation is 8. The molecule has 0 saturated heterocycles. The molecule has 0 saturated carbocycles. The van der Waals surface area contributed by atoms with Gasteiger partial charge < -0.3 is 8.83 Å². The maximum absolute atomic E-state index is 5.88. The Morgan fingerprint density at radius 3 is 1.21 bits per heavy atom. The van der Waals surface area contributed by atoms with Crippen LogP contribution >= 0.6 is 17.0 Å². The minimum absolute atomic E-state index is 0.826. The summed E-state index contributed by atoms with van der Waals surface area (Å²) in [7, 11) is 11.0. The number of fused-ring (bicyclic) bond motifs is 4. The molecule has 0 atom stereocenters. The molecule has 0 aliphatic heterocycles. The first kappa shape index (κ1) is 42.5. The molecule has 2 aliphatic carbocycles. The molecule has 0 N–H and O–H groups in total. The van der Waals surface area contributed by atoms with Gasteiger partial charge in [-0.2, -0.15) is 0 Å². The van der Waals surface area contributed by atoms with E-state index in [4.69, 9.17) is 25.9 Å². The van der Waals surface area contributed by atoms with Crippen LogP contribution in [0.3, 0.4) is 0 Å². The molecule has 0 amide bonds. The second kappa shape index (κ2) is 18.7. The first-order valence-corrected chi connectivity index (χ1v) is 28.7. The fraction of sp³-hybridized carbons (Fsp3) is 0.269. The Morgan fingerprint density at radius 1 is 0.517 bits per heavy atom. The zero-order valence-electron chi connectivity index (χ0n) is 35.1. The summed E-state index contributed by atoms with van der Waals surface area (Å²) < 4.78 is 11.8. The van der Waals surface area contributed by atoms with E-state index in [0.717, 1.165) is 32.6 Å². The molecule has 0 spiro atoms. The molecule has 294 valence electrons. The summed E-state index contributed by atoms with van der Waals surface area (Å²) in [5.41, 5.74) is 19.4. The molecule has 2 aromatic heterocycles. The first-order chi connectivity index (χ1) is 28.0. The third-order valence-electron chi connectivity index (χ3n) is 11.2. The van der Waals surface area contributed by atoms with E-state index in [1.165, 1.54) is 127 Å². The Balaban J connectivity index is 0.000000156. The summed E-state index contributed by atoms with van der Waals surface area (Å²) in [4.78, 5) is 0. The van der Waals surface area contributed by atoms with Gasteiger partial charge in [-0.1, -0.05) is 105 Å². The topological polar surface area (TPSA) is 26.3 Å². The Kier molecular flexibility index (Phi) is 13.7. The molecule has 10 rings (SSSR count). The normalized spacial score (nSPS) is 12.6. The van der Waals surface area contributed by atoms with Crippen LogP contribution in [0.25, 0.3) is 66.4 Å². The third kappa shape index (κ3) is 9.22. The number of halogens is 2. The van der Waals surface area contributed by atoms with Crippen molar-refractivity contribution >= 4 is 48.1 Å². The van der Waals surface area contributed by atoms with E-state index >= 15 is 0 Å². The molecule has 2 radical (unpaired) electrons. The van der Waals surface area contributed by atoms with Gasteiger partial charge in [0.25, 0.3) is 0 Å². The molecule has 2 heterocycles. The Morgan fingerprint density at radius 2 is 0.879 bits per heavy atom. The number of furan rings is 2. The van der Waals surface area contributed by atoms with Crippen LogP contribution in [0.2, 0.25) is 13.1 Å². The SMILES string of the molecule is C[Si]C.Cc1cc(C)cc(-c2c3c(cc4[cH-]c(-c5ccc(C)o5)cc24)CCC3)c1.Cc1cc(C)cc(-c2c3c(cc4[cH-]c(-c5ccc(C)o5)cc24)CCC3)c1.[Cl][Zr+2][Cl]. The number of benzene rings is 4. The Bertz CT molecular complexity index is 2480. The summed E-state index contributed by atoms with van der Waals surface area (Å²) in [6.07, 6.45) is 7.31. The van der Waals surface area contributed by atoms with Gasteiger partial charge in [-0.3, -0.25) is 0 Å². The van der Waals surface area contributed by atoms with Crippen LogP contribution in [0.15, 0.2) is 106 Å². The summed E-state index contributed by atoms with van der Waals surface area (Å²) >= 11 is -0.826. The van der Waals surface area contributed by atoms with Crippen molar-refractivity contribution < 1.29 is 29.7 Å². The van der Waals surface area contributed by atoms with Crippen LogP contribution in [-0.2, 0) is 46.5 Å². The average molecular weight is 899 g/mol. The summed E-state index contributed by atoms with van der Waals surface area (Å²) in [6.45, 7) is 17.1. The van der Waals surface area contributed by atoms with Crippen molar-refractivity contribution in [3.8, 4) is 44.9 Å². The third-order valence-corrected chi connectivity index (χ3v) is 11.2. The predicted molar refractivity (Wildman–Crippen MR) is 247 cm³/mol. The standard InChI is InChI=1S/2C25H23O.C2H6Si.2ClH.Zr/c2*1-15-9-16(2)11-21(10-15)25-22-6-4-5-18(22)12-19-13-20(14-23(19)25)24-8-7-17(3)26-24;1-3-2;;;/h2*7-14H,4-6H2,1-3H3;1-2H3;2*1H;/q2*-1;;;;+4/p-2. The van der Waals surface area contributed by atoms with Gasteiger partial charge in [-0.15, -0.1) is 57.9 Å². The molecule has 8 aromatic rings. The van der Waals surface area contributed by atoms with Crippen molar-refractivity contribution in [3.63, 3.8) is 0 Å². The fourth-order valence-corrected chi connectivity index (χ4v) is 9.21. The fourth-order valence-electron chi connectivity index (χ4n) is 9.21. The molecular weight excluding hydrogens is 847 g/mol. The second-order valence-electron chi connectivity index (χ2n) is 16.1. The molecule has 6 heteroatoms. The molecule has 2 nitrogen and oxygen atoms in total. The number of hydrogen-bond acceptors (Lipinski definition) is 2. The van der Waals surface area contributed by atoms with Crippen molar-refractivity contribution in [2.75, 3.05) is 0 Å². The second-order valence-corrected chi connectivity index (χ2v) is 20.9. The van der Waals surface area contributed by atoms with E-state index < -0.39 is 20.8 Å². The molecule has 0 unspecified atom stereocenters. The molecule has 6 aromatic carbocycles. The molecule has 58 heavy (non-hydrogen) atoms. The van der Waals surface area contributed by atoms with Crippen LogP contribution in [0.5, 0.6) is 0 Å². The van der Waals surface area contributed by atoms with E-state index in [1.54, 1.807) is 11.1 Å². The van der Waals surface area contributed by atoms with Crippen molar-refractivity contribution in [2.45, 2.75) is 93.2 Å². The molecule has 2 aliphatic rings. The van der Waals surface area contributed by atoms with Crippen molar-refractivity contribution in [1.29, 1.82) is 0 Å². The Hall–Kier alpha value is -3.66. The van der Waals surface area contributed by atoms with E-state index in [9.17, 15) is 0 Å². The quantitative estimate of drug-likeness (QED) is 0.130. The van der Waals surface area contributed by atoms with E-state index in [1.807, 2.05) is 26.0 Å². The van der Waals surface area contributed by atoms with Gasteiger partial charge in [0.05, 0.1) is 23.0 Å². The van der Waals surface area contributed by atoms with E-state index in [2.05, 4.69) is 126 Å². The van der Waals surface area contributed by atoms with Crippen LogP contribution in [0.4, 0.5) is 0 Å². The van der Waals surface area contributed by atoms with Crippen LogP contribution in [0, 0.1) is 41.5 Å². The Labute approximate surface area is 366 Å². The van der Waals surface area contributed by atoms with Gasteiger partial charge in [0.2, 0.25) is 0 Å². The monoisotopic (exact) mass is 896 g/mol. The predicted octanol–water partition coefficient (Wildman–Crippen LogP) is 16.0. The van der Waals surface area contributed by atoms with Crippen molar-refractivity contribution in [3.05, 3.63) is 153 Å². The van der Waals surface area contributed by atoms with Gasteiger partial charge in [-0.05, 0) is 127 Å². The van der Waals surface area contributed by atoms with E-state index in [0.29, 0.717) is 0 Å². The summed E-state index contributed by atoms with van der Waals surface area (Å²) in [5, 5.41) is 5.40. The zero-order valence-corrected chi connectivity index (χ0v) is 40.0. The number of hydrogen-bond donors (Lipinski definition) is 0. The minimum atomic E-state index is -0.826. The van der Waals surface area contributed by atoms with Crippen LogP contribution in [0.1, 0.15) is 68.9 Å². The van der Waals surface area contributed by atoms with Gasteiger partial charge in [-0.25, -0.2) is 0 Å². The average Bonchev–Trinajstić information content (AvgIpc) is 4.02. The zero-order chi connectivity index (χ0) is 41.1. The van der Waals surface area contributed by atoms with E-state index in [-0.39, 0.29) is 0 Å². The van der Waals surface area contributed by atoms with Gasteiger partial charge in [0.1, 0.15) is 0 Å². The van der Waals surface area contributed by atoms with Gasteiger partial charge in [0.15, 0.2) is 0 Å². The van der Waals surface area contributed by atoms with Crippen LogP contribution in [-0.4, -0.2) is 9.52 Å². The maximum atomic E-state index is 5.88. The molecule has 0 fully saturated rings. The van der Waals surface area contributed by atoms with Gasteiger partial charge in [0, 0.05) is 9.52 Å². The summed E-state index contributed by atoms with van der Waals surface area (Å²) in [6, 6.07) is 36.1. The van der Waals surface area contributed by atoms with Crippen LogP contribution < -0.4 is 0 Å². The molecule has 0 bridgehead atoms. The number of rotatable bonds is 4. The van der Waals surface area contributed by atoms with Gasteiger partial charge >= 0.3 is 37.9 Å². The first-order valence-electron chi connectivity index (χ1n) is 20.4. The summed E-state index contributed by atoms with van der Waals surface area (Å²) in [5.74, 6) is 3.85.